The van der Waals surface area contributed by atoms with Gasteiger partial charge in [0.1, 0.15) is 11.5 Å². The molecule has 0 aliphatic rings. The van der Waals surface area contributed by atoms with Crippen LogP contribution >= 0.6 is 23.1 Å². The monoisotopic (exact) mass is 438 g/mol. The molecule has 0 spiro atoms. The van der Waals surface area contributed by atoms with E-state index in [1.54, 1.807) is 30.0 Å². The van der Waals surface area contributed by atoms with E-state index in [4.69, 9.17) is 9.15 Å². The summed E-state index contributed by atoms with van der Waals surface area (Å²) in [5.74, 6) is 2.23. The number of thiazole rings is 1. The number of furan rings is 1. The highest BCUT2D eigenvalue weighted by molar-refractivity contribution is 7.99. The van der Waals surface area contributed by atoms with Crippen LogP contribution in [0.1, 0.15) is 17.7 Å². The third kappa shape index (κ3) is 4.86. The normalized spacial score (nSPS) is 11.0. The van der Waals surface area contributed by atoms with Gasteiger partial charge in [-0.2, -0.15) is 0 Å². The average Bonchev–Trinajstić information content (AvgIpc) is 3.42. The Kier molecular flexibility index (Phi) is 6.40. The van der Waals surface area contributed by atoms with Crippen LogP contribution in [-0.4, -0.2) is 23.8 Å². The zero-order chi connectivity index (χ0) is 20.9. The Morgan fingerprint density at radius 1 is 1.20 bits per heavy atom. The Balaban J connectivity index is 1.51. The fourth-order valence-corrected chi connectivity index (χ4v) is 4.83. The number of carbonyl (C=O) groups excluding carboxylic acids is 1. The molecule has 7 heteroatoms. The van der Waals surface area contributed by atoms with Crippen LogP contribution in [0.4, 0.5) is 5.13 Å². The van der Waals surface area contributed by atoms with Gasteiger partial charge in [-0.1, -0.05) is 29.0 Å². The van der Waals surface area contributed by atoms with Gasteiger partial charge in [0, 0.05) is 17.1 Å². The van der Waals surface area contributed by atoms with Crippen molar-refractivity contribution in [3.8, 4) is 5.75 Å². The fourth-order valence-electron chi connectivity index (χ4n) is 2.98. The van der Waals surface area contributed by atoms with Crippen molar-refractivity contribution in [3.63, 3.8) is 0 Å². The standard InChI is InChI=1S/C23H22N2O3S2/c1-16-5-8-19(9-6-16)29-13-11-22(26)25(15-18-4-3-12-28-18)23-24-20-10-7-17(27-2)14-21(20)30-23/h3-10,12,14H,11,13,15H2,1-2H3. The molecule has 154 valence electrons. The molecule has 1 amide bonds. The molecule has 2 aromatic heterocycles. The molecular formula is C23H22N2O3S2. The first kappa shape index (κ1) is 20.5. The Hall–Kier alpha value is -2.77. The van der Waals surface area contributed by atoms with Crippen molar-refractivity contribution in [1.82, 2.24) is 4.98 Å². The van der Waals surface area contributed by atoms with Gasteiger partial charge in [-0.25, -0.2) is 4.98 Å². The van der Waals surface area contributed by atoms with Crippen molar-refractivity contribution in [3.05, 3.63) is 72.2 Å². The Morgan fingerprint density at radius 3 is 2.77 bits per heavy atom. The van der Waals surface area contributed by atoms with Crippen molar-refractivity contribution in [2.24, 2.45) is 0 Å². The second-order valence-corrected chi connectivity index (χ2v) is 8.98. The maximum absolute atomic E-state index is 13.1. The van der Waals surface area contributed by atoms with Gasteiger partial charge in [0.25, 0.3) is 0 Å². The molecule has 5 nitrogen and oxygen atoms in total. The topological polar surface area (TPSA) is 55.6 Å². The van der Waals surface area contributed by atoms with Crippen molar-refractivity contribution < 1.29 is 13.9 Å². The van der Waals surface area contributed by atoms with E-state index >= 15 is 0 Å². The maximum atomic E-state index is 13.1. The highest BCUT2D eigenvalue weighted by atomic mass is 32.2. The van der Waals surface area contributed by atoms with Crippen LogP contribution in [0.15, 0.2) is 70.2 Å². The van der Waals surface area contributed by atoms with Gasteiger partial charge in [-0.15, -0.1) is 11.8 Å². The van der Waals surface area contributed by atoms with E-state index in [-0.39, 0.29) is 5.91 Å². The van der Waals surface area contributed by atoms with Crippen LogP contribution in [-0.2, 0) is 11.3 Å². The average molecular weight is 439 g/mol. The SMILES string of the molecule is COc1ccc2nc(N(Cc3ccco3)C(=O)CCSc3ccc(C)cc3)sc2c1. The minimum Gasteiger partial charge on any atom is -0.497 e. The van der Waals surface area contributed by atoms with Crippen LogP contribution in [0.3, 0.4) is 0 Å². The summed E-state index contributed by atoms with van der Waals surface area (Å²) in [5.41, 5.74) is 2.08. The summed E-state index contributed by atoms with van der Waals surface area (Å²) >= 11 is 3.17. The molecule has 4 rings (SSSR count). The molecule has 30 heavy (non-hydrogen) atoms. The van der Waals surface area contributed by atoms with Gasteiger partial charge in [0.2, 0.25) is 5.91 Å². The number of benzene rings is 2. The van der Waals surface area contributed by atoms with Crippen LogP contribution in [0.25, 0.3) is 10.2 Å². The summed E-state index contributed by atoms with van der Waals surface area (Å²) < 4.78 is 11.8. The molecule has 0 saturated carbocycles. The van der Waals surface area contributed by atoms with Crippen molar-refractivity contribution in [2.75, 3.05) is 17.8 Å². The molecule has 0 radical (unpaired) electrons. The van der Waals surface area contributed by atoms with Gasteiger partial charge in [-0.3, -0.25) is 9.69 Å². The highest BCUT2D eigenvalue weighted by Gasteiger charge is 2.21. The number of anilines is 1. The second kappa shape index (κ2) is 9.36. The number of thioether (sulfide) groups is 1. The molecule has 0 saturated heterocycles. The molecule has 0 atom stereocenters. The molecule has 0 aliphatic carbocycles. The number of methoxy groups -OCH3 is 1. The molecule has 2 aromatic carbocycles. The molecular weight excluding hydrogens is 416 g/mol. The Labute approximate surface area is 183 Å². The van der Waals surface area contributed by atoms with E-state index in [9.17, 15) is 4.79 Å². The number of rotatable bonds is 8. The van der Waals surface area contributed by atoms with Crippen molar-refractivity contribution in [1.29, 1.82) is 0 Å². The predicted octanol–water partition coefficient (Wildman–Crippen LogP) is 5.92. The van der Waals surface area contributed by atoms with Gasteiger partial charge < -0.3 is 9.15 Å². The lowest BCUT2D eigenvalue weighted by Gasteiger charge is -2.18. The van der Waals surface area contributed by atoms with E-state index in [0.717, 1.165) is 26.6 Å². The minimum atomic E-state index is 0.0250. The van der Waals surface area contributed by atoms with Crippen LogP contribution in [0.5, 0.6) is 5.75 Å². The molecule has 0 fully saturated rings. The Bertz CT molecular complexity index is 1120. The first-order valence-corrected chi connectivity index (χ1v) is 11.4. The molecule has 2 heterocycles. The van der Waals surface area contributed by atoms with Crippen LogP contribution < -0.4 is 9.64 Å². The smallest absolute Gasteiger partial charge is 0.230 e. The summed E-state index contributed by atoms with van der Waals surface area (Å²) in [4.78, 5) is 20.7. The fraction of sp³-hybridized carbons (Fsp3) is 0.217. The molecule has 4 aromatic rings. The van der Waals surface area contributed by atoms with Crippen molar-refractivity contribution in [2.45, 2.75) is 24.8 Å². The van der Waals surface area contributed by atoms with E-state index in [1.165, 1.54) is 16.9 Å². The van der Waals surface area contributed by atoms with Crippen molar-refractivity contribution >= 4 is 44.4 Å². The number of hydrogen-bond donors (Lipinski definition) is 0. The Morgan fingerprint density at radius 2 is 2.03 bits per heavy atom. The number of nitrogens with zero attached hydrogens (tertiary/aromatic N) is 2. The minimum absolute atomic E-state index is 0.0250. The number of fused-ring (bicyclic) bond motifs is 1. The zero-order valence-corrected chi connectivity index (χ0v) is 18.5. The first-order chi connectivity index (χ1) is 14.6. The maximum Gasteiger partial charge on any atom is 0.230 e. The quantitative estimate of drug-likeness (QED) is 0.320. The van der Waals surface area contributed by atoms with Gasteiger partial charge in [-0.05, 0) is 49.4 Å². The third-order valence-corrected chi connectivity index (χ3v) is 6.67. The third-order valence-electron chi connectivity index (χ3n) is 4.62. The lowest BCUT2D eigenvalue weighted by molar-refractivity contribution is -0.118. The van der Waals surface area contributed by atoms with Crippen LogP contribution in [0.2, 0.25) is 0 Å². The molecule has 0 unspecified atom stereocenters. The highest BCUT2D eigenvalue weighted by Crippen LogP contribution is 2.33. The zero-order valence-electron chi connectivity index (χ0n) is 16.8. The molecule has 0 aliphatic heterocycles. The summed E-state index contributed by atoms with van der Waals surface area (Å²) in [6.45, 7) is 2.43. The van der Waals surface area contributed by atoms with Gasteiger partial charge >= 0.3 is 0 Å². The summed E-state index contributed by atoms with van der Waals surface area (Å²) in [6.07, 6.45) is 2.03. The second-order valence-electron chi connectivity index (χ2n) is 6.80. The predicted molar refractivity (Wildman–Crippen MR) is 123 cm³/mol. The van der Waals surface area contributed by atoms with Gasteiger partial charge in [0.05, 0.1) is 30.1 Å². The number of carbonyl (C=O) groups is 1. The number of hydrogen-bond acceptors (Lipinski definition) is 6. The number of aryl methyl sites for hydroxylation is 1. The lowest BCUT2D eigenvalue weighted by Crippen LogP contribution is -2.30. The summed E-state index contributed by atoms with van der Waals surface area (Å²) in [7, 11) is 1.64. The van der Waals surface area contributed by atoms with E-state index in [1.807, 2.05) is 30.3 Å². The van der Waals surface area contributed by atoms with Gasteiger partial charge in [0.15, 0.2) is 5.13 Å². The first-order valence-electron chi connectivity index (χ1n) is 9.59. The summed E-state index contributed by atoms with van der Waals surface area (Å²) in [5, 5.41) is 0.667. The number of ether oxygens (including phenoxy) is 1. The molecule has 0 bridgehead atoms. The van der Waals surface area contributed by atoms with E-state index in [0.29, 0.717) is 23.8 Å². The molecule has 0 N–H and O–H groups in total. The largest absolute Gasteiger partial charge is 0.497 e. The van der Waals surface area contributed by atoms with E-state index < -0.39 is 0 Å². The number of amides is 1. The van der Waals surface area contributed by atoms with E-state index in [2.05, 4.69) is 36.2 Å². The lowest BCUT2D eigenvalue weighted by atomic mass is 10.2. The number of aromatic nitrogens is 1. The summed E-state index contributed by atoms with van der Waals surface area (Å²) in [6, 6.07) is 17.8. The van der Waals surface area contributed by atoms with Crippen LogP contribution in [0, 0.1) is 6.92 Å².